The fraction of sp³-hybridized carbons (Fsp3) is 0.226. The van der Waals surface area contributed by atoms with E-state index < -0.39 is 29.2 Å². The smallest absolute Gasteiger partial charge is 0.208 e. The van der Waals surface area contributed by atoms with Crippen LogP contribution in [0.5, 0.6) is 5.75 Å². The van der Waals surface area contributed by atoms with E-state index in [4.69, 9.17) is 4.74 Å². The van der Waals surface area contributed by atoms with Crippen LogP contribution in [-0.2, 0) is 19.7 Å². The number of allylic oxidation sites excluding steroid dienone is 2. The lowest BCUT2D eigenvalue weighted by atomic mass is 9.68. The minimum atomic E-state index is -3.90. The van der Waals surface area contributed by atoms with Crippen LogP contribution in [0.1, 0.15) is 43.4 Å². The van der Waals surface area contributed by atoms with Crippen molar-refractivity contribution in [1.29, 1.82) is 0 Å². The second-order valence-corrected chi connectivity index (χ2v) is 15.5. The van der Waals surface area contributed by atoms with Crippen LogP contribution in [0.3, 0.4) is 0 Å². The third-order valence-electron chi connectivity index (χ3n) is 8.76. The normalized spacial score (nSPS) is 26.9. The number of sulfone groups is 2. The van der Waals surface area contributed by atoms with Gasteiger partial charge in [-0.15, -0.1) is 11.8 Å². The van der Waals surface area contributed by atoms with Crippen LogP contribution in [0.4, 0.5) is 0 Å². The summed E-state index contributed by atoms with van der Waals surface area (Å²) in [4.78, 5) is 1.63. The maximum absolute atomic E-state index is 14.8. The van der Waals surface area contributed by atoms with E-state index in [-0.39, 0.29) is 14.7 Å². The summed E-state index contributed by atoms with van der Waals surface area (Å²) in [6.07, 6.45) is 2.68. The zero-order valence-corrected chi connectivity index (χ0v) is 24.1. The summed E-state index contributed by atoms with van der Waals surface area (Å²) in [6, 6.07) is 21.7. The topological polar surface area (TPSA) is 77.5 Å². The Morgan fingerprint density at radius 3 is 2.08 bits per heavy atom. The Morgan fingerprint density at radius 2 is 1.44 bits per heavy atom. The van der Waals surface area contributed by atoms with Crippen LogP contribution in [0.25, 0.3) is 16.1 Å². The monoisotopic (exact) mass is 574 g/mol. The molecule has 0 amide bonds. The molecule has 198 valence electrons. The number of rotatable bonds is 4. The summed E-state index contributed by atoms with van der Waals surface area (Å²) in [6.45, 7) is 3.90. The van der Waals surface area contributed by atoms with Gasteiger partial charge in [0.1, 0.15) is 10.5 Å². The van der Waals surface area contributed by atoms with Crippen LogP contribution in [0.15, 0.2) is 99.1 Å². The van der Waals surface area contributed by atoms with Crippen molar-refractivity contribution in [1.82, 2.24) is 0 Å². The summed E-state index contributed by atoms with van der Waals surface area (Å²) in [5.41, 5.74) is 3.87. The fourth-order valence-electron chi connectivity index (χ4n) is 7.17. The standard InChI is InChI=1S/C31H26O5S3/c1-4-30-23(18-24(37-30)19-14-16-20(36-3)17-15-19)29-27(21-10-6-8-12-25(21)38(29,32)33)28-22-11-7-9-13-26(22)39(34,35)31(28,30)5-2/h6-18H,4-5H2,1-3H3. The molecule has 4 aliphatic rings. The average molecular weight is 575 g/mol. The molecule has 8 heteroatoms. The highest BCUT2D eigenvalue weighted by Gasteiger charge is 2.71. The fourth-order valence-corrected chi connectivity index (χ4v) is 13.9. The van der Waals surface area contributed by atoms with Crippen LogP contribution in [0, 0.1) is 0 Å². The van der Waals surface area contributed by atoms with Crippen molar-refractivity contribution in [2.45, 2.75) is 46.0 Å². The highest BCUT2D eigenvalue weighted by Crippen LogP contribution is 2.73. The van der Waals surface area contributed by atoms with Gasteiger partial charge in [0.05, 0.1) is 26.6 Å². The molecule has 39 heavy (non-hydrogen) atoms. The summed E-state index contributed by atoms with van der Waals surface area (Å²) in [5.74, 6) is 0.714. The van der Waals surface area contributed by atoms with E-state index >= 15 is 0 Å². The zero-order chi connectivity index (χ0) is 27.4. The first kappa shape index (κ1) is 24.9. The van der Waals surface area contributed by atoms with Gasteiger partial charge in [0.25, 0.3) is 0 Å². The Bertz CT molecular complexity index is 1910. The van der Waals surface area contributed by atoms with Gasteiger partial charge in [-0.3, -0.25) is 0 Å². The molecule has 0 spiro atoms. The van der Waals surface area contributed by atoms with E-state index in [2.05, 4.69) is 0 Å². The van der Waals surface area contributed by atoms with Crippen molar-refractivity contribution < 1.29 is 21.6 Å². The molecule has 2 unspecified atom stereocenters. The number of hydrogen-bond donors (Lipinski definition) is 0. The molecule has 0 saturated carbocycles. The van der Waals surface area contributed by atoms with Gasteiger partial charge in [-0.1, -0.05) is 62.4 Å². The average Bonchev–Trinajstić information content (AvgIpc) is 3.53. The van der Waals surface area contributed by atoms with Gasteiger partial charge in [0.15, 0.2) is 9.84 Å². The Labute approximate surface area is 233 Å². The van der Waals surface area contributed by atoms with Crippen LogP contribution in [0.2, 0.25) is 0 Å². The lowest BCUT2D eigenvalue weighted by molar-refractivity contribution is 0.415. The second-order valence-electron chi connectivity index (χ2n) is 10.2. The number of thioether (sulfide) groups is 1. The first-order chi connectivity index (χ1) is 18.7. The number of methoxy groups -OCH3 is 1. The van der Waals surface area contributed by atoms with Gasteiger partial charge in [0, 0.05) is 16.0 Å². The Morgan fingerprint density at radius 1 is 0.795 bits per heavy atom. The lowest BCUT2D eigenvalue weighted by Gasteiger charge is -2.49. The largest absolute Gasteiger partial charge is 0.497 e. The van der Waals surface area contributed by atoms with Gasteiger partial charge >= 0.3 is 0 Å². The first-order valence-corrected chi connectivity index (χ1v) is 16.7. The summed E-state index contributed by atoms with van der Waals surface area (Å²) >= 11 is 1.49. The molecule has 0 bridgehead atoms. The molecule has 0 fully saturated rings. The van der Waals surface area contributed by atoms with Gasteiger partial charge < -0.3 is 4.74 Å². The van der Waals surface area contributed by atoms with Crippen molar-refractivity contribution in [3.63, 3.8) is 0 Å². The van der Waals surface area contributed by atoms with Crippen molar-refractivity contribution in [2.75, 3.05) is 7.11 Å². The van der Waals surface area contributed by atoms with E-state index in [0.717, 1.165) is 10.5 Å². The number of ether oxygens (including phenoxy) is 1. The third kappa shape index (κ3) is 2.72. The molecular weight excluding hydrogens is 549 g/mol. The predicted octanol–water partition coefficient (Wildman–Crippen LogP) is 6.53. The predicted molar refractivity (Wildman–Crippen MR) is 156 cm³/mol. The van der Waals surface area contributed by atoms with Gasteiger partial charge in [-0.05, 0) is 65.5 Å². The maximum atomic E-state index is 14.8. The quantitative estimate of drug-likeness (QED) is 0.353. The molecular formula is C31H26O5S3. The molecule has 5 nitrogen and oxygen atoms in total. The van der Waals surface area contributed by atoms with E-state index in [1.54, 1.807) is 31.4 Å². The van der Waals surface area contributed by atoms with Crippen molar-refractivity contribution >= 4 is 47.5 Å². The van der Waals surface area contributed by atoms with Gasteiger partial charge in [-0.2, -0.15) is 0 Å². The number of fused-ring (bicyclic) bond motifs is 8. The Balaban J connectivity index is 1.67. The first-order valence-electron chi connectivity index (χ1n) is 12.9. The van der Waals surface area contributed by atoms with Crippen LogP contribution in [-0.4, -0.2) is 33.4 Å². The van der Waals surface area contributed by atoms with Crippen LogP contribution < -0.4 is 4.74 Å². The second kappa shape index (κ2) is 7.99. The number of hydrogen-bond acceptors (Lipinski definition) is 6. The molecule has 7 rings (SSSR count). The Kier molecular flexibility index (Phi) is 5.11. The highest BCUT2D eigenvalue weighted by molar-refractivity contribution is 8.11. The summed E-state index contributed by atoms with van der Waals surface area (Å²) in [7, 11) is -6.18. The summed E-state index contributed by atoms with van der Waals surface area (Å²) < 4.78 is 61.2. The maximum Gasteiger partial charge on any atom is 0.208 e. The number of benzene rings is 3. The van der Waals surface area contributed by atoms with Gasteiger partial charge in [0.2, 0.25) is 9.84 Å². The van der Waals surface area contributed by atoms with Crippen molar-refractivity contribution in [2.24, 2.45) is 0 Å². The Hall–Kier alpha value is -3.07. The van der Waals surface area contributed by atoms with Gasteiger partial charge in [-0.25, -0.2) is 16.8 Å². The van der Waals surface area contributed by atoms with Crippen LogP contribution >= 0.6 is 11.8 Å². The molecule has 3 heterocycles. The minimum Gasteiger partial charge on any atom is -0.497 e. The molecule has 3 aromatic carbocycles. The van der Waals surface area contributed by atoms with E-state index in [0.29, 0.717) is 46.4 Å². The molecule has 0 saturated heterocycles. The van der Waals surface area contributed by atoms with E-state index in [1.807, 2.05) is 68.5 Å². The van der Waals surface area contributed by atoms with E-state index in [9.17, 15) is 16.8 Å². The molecule has 2 atom stereocenters. The zero-order valence-electron chi connectivity index (χ0n) is 21.7. The highest BCUT2D eigenvalue weighted by atomic mass is 32.2. The molecule has 3 aromatic rings. The van der Waals surface area contributed by atoms with Crippen molar-refractivity contribution in [3.8, 4) is 5.75 Å². The van der Waals surface area contributed by atoms with Crippen molar-refractivity contribution in [3.05, 3.63) is 106 Å². The molecule has 0 radical (unpaired) electrons. The SMILES string of the molecule is CCC12SC(c3ccc(OC)cc3)=CC1=C1C(=C3c4ccccc4S(=O)(=O)C32CC)c2ccccc2S1(=O)=O. The molecule has 3 aliphatic heterocycles. The molecule has 0 N–H and O–H groups in total. The lowest BCUT2D eigenvalue weighted by Crippen LogP contribution is -2.56. The van der Waals surface area contributed by atoms with E-state index in [1.165, 1.54) is 11.8 Å². The minimum absolute atomic E-state index is 0.241. The summed E-state index contributed by atoms with van der Waals surface area (Å²) in [5, 5.41) is 0. The third-order valence-corrected chi connectivity index (χ3v) is 15.3. The molecule has 1 aliphatic carbocycles. The molecule has 0 aromatic heterocycles.